The average molecular weight is 301 g/mol. The highest BCUT2D eigenvalue weighted by molar-refractivity contribution is 7.99. The third-order valence-electron chi connectivity index (χ3n) is 3.07. The third kappa shape index (κ3) is 4.83. The lowest BCUT2D eigenvalue weighted by molar-refractivity contribution is -0.115. The normalized spacial score (nSPS) is 11.7. The molecule has 0 saturated heterocycles. The summed E-state index contributed by atoms with van der Waals surface area (Å²) in [6, 6.07) is 17.5. The van der Waals surface area contributed by atoms with Gasteiger partial charge in [-0.1, -0.05) is 30.3 Å². The van der Waals surface area contributed by atoms with Crippen molar-refractivity contribution in [1.82, 2.24) is 0 Å². The van der Waals surface area contributed by atoms with Crippen LogP contribution in [0.25, 0.3) is 0 Å². The molecule has 0 spiro atoms. The fraction of sp³-hybridized carbons (Fsp3) is 0.235. The second-order valence-electron chi connectivity index (χ2n) is 4.66. The molecule has 0 saturated carbocycles. The van der Waals surface area contributed by atoms with Crippen LogP contribution in [0.5, 0.6) is 5.75 Å². The Morgan fingerprint density at radius 1 is 1.14 bits per heavy atom. The van der Waals surface area contributed by atoms with Gasteiger partial charge in [0.15, 0.2) is 0 Å². The van der Waals surface area contributed by atoms with Gasteiger partial charge >= 0.3 is 0 Å². The topological polar surface area (TPSA) is 38.3 Å². The van der Waals surface area contributed by atoms with Crippen LogP contribution in [-0.4, -0.2) is 18.3 Å². The maximum absolute atomic E-state index is 12.1. The molecule has 1 atom stereocenters. The van der Waals surface area contributed by atoms with Crippen LogP contribution in [0, 0.1) is 0 Å². The Balaban J connectivity index is 1.84. The average Bonchev–Trinajstić information content (AvgIpc) is 2.54. The molecule has 0 aliphatic carbocycles. The number of amides is 1. The lowest BCUT2D eigenvalue weighted by atomic mass is 10.2. The number of methoxy groups -OCH3 is 1. The molecule has 2 aromatic carbocycles. The van der Waals surface area contributed by atoms with Gasteiger partial charge in [0.1, 0.15) is 5.75 Å². The smallest absolute Gasteiger partial charge is 0.237 e. The van der Waals surface area contributed by atoms with Crippen LogP contribution in [0.15, 0.2) is 54.6 Å². The van der Waals surface area contributed by atoms with E-state index in [4.69, 9.17) is 4.74 Å². The van der Waals surface area contributed by atoms with Crippen LogP contribution in [0.2, 0.25) is 0 Å². The van der Waals surface area contributed by atoms with Crippen LogP contribution in [0.1, 0.15) is 12.5 Å². The van der Waals surface area contributed by atoms with Crippen LogP contribution < -0.4 is 10.1 Å². The molecule has 21 heavy (non-hydrogen) atoms. The molecule has 0 unspecified atom stereocenters. The largest absolute Gasteiger partial charge is 0.497 e. The first-order chi connectivity index (χ1) is 10.2. The number of nitrogens with one attached hydrogen (secondary N) is 1. The zero-order valence-electron chi connectivity index (χ0n) is 12.2. The fourth-order valence-electron chi connectivity index (χ4n) is 1.79. The van der Waals surface area contributed by atoms with Gasteiger partial charge < -0.3 is 10.1 Å². The lowest BCUT2D eigenvalue weighted by Crippen LogP contribution is -2.22. The number of hydrogen-bond acceptors (Lipinski definition) is 3. The number of carbonyl (C=O) groups excluding carboxylic acids is 1. The molecule has 0 heterocycles. The Labute approximate surface area is 129 Å². The van der Waals surface area contributed by atoms with E-state index in [1.54, 1.807) is 18.9 Å². The summed E-state index contributed by atoms with van der Waals surface area (Å²) in [6.07, 6.45) is 0. The van der Waals surface area contributed by atoms with Crippen LogP contribution in [0.4, 0.5) is 5.69 Å². The molecule has 4 heteroatoms. The molecule has 2 aromatic rings. The van der Waals surface area contributed by atoms with Gasteiger partial charge in [-0.25, -0.2) is 0 Å². The van der Waals surface area contributed by atoms with Gasteiger partial charge in [0.25, 0.3) is 0 Å². The van der Waals surface area contributed by atoms with Crippen molar-refractivity contribution in [2.24, 2.45) is 0 Å². The first-order valence-corrected chi connectivity index (χ1v) is 7.84. The number of anilines is 1. The first kappa shape index (κ1) is 15.4. The van der Waals surface area contributed by atoms with Crippen molar-refractivity contribution < 1.29 is 9.53 Å². The summed E-state index contributed by atoms with van der Waals surface area (Å²) in [4.78, 5) is 12.1. The van der Waals surface area contributed by atoms with E-state index in [1.165, 1.54) is 5.56 Å². The molecule has 110 valence electrons. The van der Waals surface area contributed by atoms with Gasteiger partial charge in [-0.3, -0.25) is 4.79 Å². The zero-order valence-corrected chi connectivity index (χ0v) is 13.0. The van der Waals surface area contributed by atoms with E-state index < -0.39 is 0 Å². The molecular weight excluding hydrogens is 282 g/mol. The summed E-state index contributed by atoms with van der Waals surface area (Å²) in [6.45, 7) is 1.92. The second-order valence-corrected chi connectivity index (χ2v) is 5.99. The first-order valence-electron chi connectivity index (χ1n) is 6.79. The zero-order chi connectivity index (χ0) is 15.1. The number of ether oxygens (including phenoxy) is 1. The van der Waals surface area contributed by atoms with Gasteiger partial charge in [-0.05, 0) is 36.8 Å². The van der Waals surface area contributed by atoms with Crippen LogP contribution >= 0.6 is 11.8 Å². The molecule has 0 bridgehead atoms. The van der Waals surface area contributed by atoms with Gasteiger partial charge in [-0.2, -0.15) is 0 Å². The molecule has 3 nitrogen and oxygen atoms in total. The molecule has 1 N–H and O–H groups in total. The number of thioether (sulfide) groups is 1. The van der Waals surface area contributed by atoms with E-state index >= 15 is 0 Å². The summed E-state index contributed by atoms with van der Waals surface area (Å²) in [5.74, 6) is 1.62. The molecular formula is C17H19NO2S. The van der Waals surface area contributed by atoms with Crippen LogP contribution in [-0.2, 0) is 10.5 Å². The van der Waals surface area contributed by atoms with Gasteiger partial charge in [0.05, 0.1) is 12.4 Å². The minimum Gasteiger partial charge on any atom is -0.497 e. The summed E-state index contributed by atoms with van der Waals surface area (Å²) in [7, 11) is 1.62. The molecule has 0 aromatic heterocycles. The van der Waals surface area contributed by atoms with Gasteiger partial charge in [0.2, 0.25) is 5.91 Å². The van der Waals surface area contributed by atoms with Crippen molar-refractivity contribution in [3.8, 4) is 5.75 Å². The number of carbonyl (C=O) groups is 1. The standard InChI is InChI=1S/C17H19NO2S/c1-13(21-12-14-6-4-3-5-7-14)17(19)18-15-8-10-16(20-2)11-9-15/h3-11,13H,12H2,1-2H3,(H,18,19)/t13-/m0/s1. The molecule has 0 aliphatic rings. The lowest BCUT2D eigenvalue weighted by Gasteiger charge is -2.12. The van der Waals surface area contributed by atoms with E-state index in [9.17, 15) is 4.79 Å². The molecule has 1 amide bonds. The summed E-state index contributed by atoms with van der Waals surface area (Å²) < 4.78 is 5.09. The Morgan fingerprint density at radius 3 is 2.43 bits per heavy atom. The maximum atomic E-state index is 12.1. The fourth-order valence-corrected chi connectivity index (χ4v) is 2.63. The van der Waals surface area contributed by atoms with Crippen LogP contribution in [0.3, 0.4) is 0 Å². The third-order valence-corrected chi connectivity index (χ3v) is 4.28. The number of hydrogen-bond donors (Lipinski definition) is 1. The van der Waals surface area contributed by atoms with Gasteiger partial charge in [-0.15, -0.1) is 11.8 Å². The Morgan fingerprint density at radius 2 is 1.81 bits per heavy atom. The monoisotopic (exact) mass is 301 g/mol. The van der Waals surface area contributed by atoms with Crippen molar-refractivity contribution in [1.29, 1.82) is 0 Å². The predicted octanol–water partition coefficient (Wildman–Crippen LogP) is 3.96. The predicted molar refractivity (Wildman–Crippen MR) is 88.8 cm³/mol. The van der Waals surface area contributed by atoms with Crippen molar-refractivity contribution in [3.63, 3.8) is 0 Å². The maximum Gasteiger partial charge on any atom is 0.237 e. The SMILES string of the molecule is COc1ccc(NC(=O)[C@H](C)SCc2ccccc2)cc1. The molecule has 0 radical (unpaired) electrons. The second kappa shape index (κ2) is 7.74. The van der Waals surface area contributed by atoms with E-state index in [0.29, 0.717) is 0 Å². The molecule has 0 aliphatic heterocycles. The highest BCUT2D eigenvalue weighted by atomic mass is 32.2. The number of rotatable bonds is 6. The summed E-state index contributed by atoms with van der Waals surface area (Å²) in [5, 5.41) is 2.81. The van der Waals surface area contributed by atoms with E-state index in [2.05, 4.69) is 17.4 Å². The highest BCUT2D eigenvalue weighted by Crippen LogP contribution is 2.20. The Hall–Kier alpha value is -1.94. The minimum atomic E-state index is -0.104. The molecule has 2 rings (SSSR count). The van der Waals surface area contributed by atoms with Crippen molar-refractivity contribution in [2.75, 3.05) is 12.4 Å². The van der Waals surface area contributed by atoms with Crippen molar-refractivity contribution in [3.05, 3.63) is 60.2 Å². The minimum absolute atomic E-state index is 0.0149. The quantitative estimate of drug-likeness (QED) is 0.878. The highest BCUT2D eigenvalue weighted by Gasteiger charge is 2.13. The van der Waals surface area contributed by atoms with Crippen molar-refractivity contribution in [2.45, 2.75) is 17.9 Å². The summed E-state index contributed by atoms with van der Waals surface area (Å²) in [5.41, 5.74) is 2.01. The van der Waals surface area contributed by atoms with Gasteiger partial charge in [0, 0.05) is 11.4 Å². The van der Waals surface area contributed by atoms with Crippen molar-refractivity contribution >= 4 is 23.4 Å². The van der Waals surface area contributed by atoms with E-state index in [0.717, 1.165) is 17.2 Å². The number of benzene rings is 2. The molecule has 0 fully saturated rings. The summed E-state index contributed by atoms with van der Waals surface area (Å²) >= 11 is 1.63. The Kier molecular flexibility index (Phi) is 5.69. The van der Waals surface area contributed by atoms with E-state index in [-0.39, 0.29) is 11.2 Å². The van der Waals surface area contributed by atoms with E-state index in [1.807, 2.05) is 49.4 Å². The Bertz CT molecular complexity index is 569.